The Morgan fingerprint density at radius 2 is 1.89 bits per heavy atom. The molecule has 1 aromatic rings. The molecule has 19 heavy (non-hydrogen) atoms. The van der Waals surface area contributed by atoms with Gasteiger partial charge in [0.25, 0.3) is 0 Å². The Balaban J connectivity index is 2.69. The Bertz CT molecular complexity index is 514. The van der Waals surface area contributed by atoms with Crippen molar-refractivity contribution in [3.63, 3.8) is 0 Å². The number of hydrogen-bond acceptors (Lipinski definition) is 5. The van der Waals surface area contributed by atoms with E-state index in [9.17, 15) is 9.59 Å². The molecule has 0 aliphatic carbocycles. The van der Waals surface area contributed by atoms with E-state index in [1.807, 2.05) is 0 Å². The van der Waals surface area contributed by atoms with Crippen LogP contribution in [0.3, 0.4) is 0 Å². The highest BCUT2D eigenvalue weighted by atomic mass is 16.7. The molecule has 0 aliphatic heterocycles. The summed E-state index contributed by atoms with van der Waals surface area (Å²) in [5, 5.41) is 0. The standard InChI is InChI=1S/C14H17NO4/c1-9(10-6-5-7-11(15)8-10)12(16)18-13(17)19-14(2,3)4/h5-8H,1,15H2,2-4H3. The van der Waals surface area contributed by atoms with Gasteiger partial charge in [0.1, 0.15) is 5.60 Å². The number of benzene rings is 1. The molecule has 0 saturated carbocycles. The van der Waals surface area contributed by atoms with Crippen molar-refractivity contribution in [2.24, 2.45) is 0 Å². The van der Waals surface area contributed by atoms with Crippen LogP contribution in [-0.2, 0) is 14.3 Å². The van der Waals surface area contributed by atoms with Crippen LogP contribution in [0.1, 0.15) is 26.3 Å². The highest BCUT2D eigenvalue weighted by Crippen LogP contribution is 2.17. The third-order valence-electron chi connectivity index (χ3n) is 2.05. The highest BCUT2D eigenvalue weighted by molar-refractivity contribution is 6.18. The average Bonchev–Trinajstić information content (AvgIpc) is 2.25. The fraction of sp³-hybridized carbons (Fsp3) is 0.286. The van der Waals surface area contributed by atoms with Gasteiger partial charge in [-0.1, -0.05) is 18.7 Å². The quantitative estimate of drug-likeness (QED) is 0.384. The van der Waals surface area contributed by atoms with E-state index in [4.69, 9.17) is 10.5 Å². The first-order valence-electron chi connectivity index (χ1n) is 5.69. The first kappa shape index (κ1) is 14.8. The summed E-state index contributed by atoms with van der Waals surface area (Å²) in [4.78, 5) is 23.0. The van der Waals surface area contributed by atoms with Crippen LogP contribution in [0.4, 0.5) is 10.5 Å². The molecule has 0 aliphatic rings. The van der Waals surface area contributed by atoms with Gasteiger partial charge in [-0.05, 0) is 38.5 Å². The second-order valence-corrected chi connectivity index (χ2v) is 4.96. The number of nitrogens with two attached hydrogens (primary N) is 1. The summed E-state index contributed by atoms with van der Waals surface area (Å²) in [7, 11) is 0. The number of anilines is 1. The second kappa shape index (κ2) is 5.56. The lowest BCUT2D eigenvalue weighted by Crippen LogP contribution is -2.26. The van der Waals surface area contributed by atoms with Crippen LogP contribution in [0.25, 0.3) is 5.57 Å². The van der Waals surface area contributed by atoms with Gasteiger partial charge in [-0.2, -0.15) is 0 Å². The first-order valence-corrected chi connectivity index (χ1v) is 5.69. The Labute approximate surface area is 112 Å². The normalized spacial score (nSPS) is 10.7. The summed E-state index contributed by atoms with van der Waals surface area (Å²) in [6.07, 6.45) is -1.05. The van der Waals surface area contributed by atoms with Gasteiger partial charge < -0.3 is 15.2 Å². The Morgan fingerprint density at radius 3 is 2.42 bits per heavy atom. The zero-order valence-electron chi connectivity index (χ0n) is 11.2. The number of hydrogen-bond donors (Lipinski definition) is 1. The maximum Gasteiger partial charge on any atom is 0.516 e. The molecule has 2 N–H and O–H groups in total. The molecule has 0 amide bonds. The van der Waals surface area contributed by atoms with Crippen molar-refractivity contribution in [1.29, 1.82) is 0 Å². The van der Waals surface area contributed by atoms with Gasteiger partial charge in [0.05, 0.1) is 5.57 Å². The highest BCUT2D eigenvalue weighted by Gasteiger charge is 2.22. The van der Waals surface area contributed by atoms with Gasteiger partial charge in [0, 0.05) is 5.69 Å². The van der Waals surface area contributed by atoms with Crippen LogP contribution in [0.15, 0.2) is 30.8 Å². The van der Waals surface area contributed by atoms with Crippen LogP contribution >= 0.6 is 0 Å². The van der Waals surface area contributed by atoms with E-state index in [2.05, 4.69) is 11.3 Å². The second-order valence-electron chi connectivity index (χ2n) is 4.96. The average molecular weight is 263 g/mol. The summed E-state index contributed by atoms with van der Waals surface area (Å²) in [6, 6.07) is 6.57. The largest absolute Gasteiger partial charge is 0.516 e. The topological polar surface area (TPSA) is 78.6 Å². The molecular formula is C14H17NO4. The summed E-state index contributed by atoms with van der Waals surface area (Å²) in [5.41, 5.74) is 5.89. The summed E-state index contributed by atoms with van der Waals surface area (Å²) < 4.78 is 9.41. The van der Waals surface area contributed by atoms with Gasteiger partial charge in [-0.3, -0.25) is 0 Å². The van der Waals surface area contributed by atoms with Crippen molar-refractivity contribution in [3.05, 3.63) is 36.4 Å². The Morgan fingerprint density at radius 1 is 1.26 bits per heavy atom. The van der Waals surface area contributed by atoms with E-state index in [-0.39, 0.29) is 5.57 Å². The van der Waals surface area contributed by atoms with E-state index < -0.39 is 17.7 Å². The number of carbonyl (C=O) groups is 2. The van der Waals surface area contributed by atoms with Crippen molar-refractivity contribution >= 4 is 23.4 Å². The molecule has 5 heteroatoms. The maximum absolute atomic E-state index is 11.7. The SMILES string of the molecule is C=C(C(=O)OC(=O)OC(C)(C)C)c1cccc(N)c1. The molecule has 0 fully saturated rings. The Hall–Kier alpha value is -2.30. The summed E-state index contributed by atoms with van der Waals surface area (Å²) in [6.45, 7) is 8.59. The van der Waals surface area contributed by atoms with E-state index >= 15 is 0 Å². The van der Waals surface area contributed by atoms with E-state index in [1.54, 1.807) is 45.0 Å². The molecule has 1 rings (SSSR count). The number of rotatable bonds is 2. The third-order valence-corrected chi connectivity index (χ3v) is 2.05. The Kier molecular flexibility index (Phi) is 4.32. The smallest absolute Gasteiger partial charge is 0.428 e. The van der Waals surface area contributed by atoms with Crippen molar-refractivity contribution in [2.45, 2.75) is 26.4 Å². The zero-order chi connectivity index (χ0) is 14.6. The molecule has 0 bridgehead atoms. The van der Waals surface area contributed by atoms with Gasteiger partial charge in [-0.15, -0.1) is 0 Å². The molecule has 0 unspecified atom stereocenters. The third kappa shape index (κ3) is 4.83. The van der Waals surface area contributed by atoms with E-state index in [0.717, 1.165) is 0 Å². The van der Waals surface area contributed by atoms with Gasteiger partial charge in [0.2, 0.25) is 0 Å². The summed E-state index contributed by atoms with van der Waals surface area (Å²) >= 11 is 0. The predicted octanol–water partition coefficient (Wildman–Crippen LogP) is 2.76. The van der Waals surface area contributed by atoms with E-state index in [0.29, 0.717) is 11.3 Å². The predicted molar refractivity (Wildman–Crippen MR) is 72.2 cm³/mol. The molecule has 0 aromatic heterocycles. The molecule has 0 atom stereocenters. The molecule has 0 radical (unpaired) electrons. The zero-order valence-corrected chi connectivity index (χ0v) is 11.2. The van der Waals surface area contributed by atoms with Gasteiger partial charge in [-0.25, -0.2) is 9.59 Å². The van der Waals surface area contributed by atoms with Crippen LogP contribution in [0, 0.1) is 0 Å². The maximum atomic E-state index is 11.7. The minimum absolute atomic E-state index is 0.0400. The van der Waals surface area contributed by atoms with Gasteiger partial charge in [0.15, 0.2) is 0 Å². The molecule has 102 valence electrons. The first-order chi connectivity index (χ1) is 8.69. The number of esters is 1. The van der Waals surface area contributed by atoms with Crippen molar-refractivity contribution in [1.82, 2.24) is 0 Å². The molecule has 1 aromatic carbocycles. The van der Waals surface area contributed by atoms with Crippen LogP contribution < -0.4 is 5.73 Å². The van der Waals surface area contributed by atoms with Gasteiger partial charge >= 0.3 is 12.1 Å². The minimum atomic E-state index is -1.05. The van der Waals surface area contributed by atoms with Crippen molar-refractivity contribution < 1.29 is 19.1 Å². The molecule has 0 heterocycles. The van der Waals surface area contributed by atoms with Crippen molar-refractivity contribution in [3.8, 4) is 0 Å². The fourth-order valence-corrected chi connectivity index (χ4v) is 1.25. The lowest BCUT2D eigenvalue weighted by atomic mass is 10.1. The molecule has 0 saturated heterocycles. The molecule has 5 nitrogen and oxygen atoms in total. The lowest BCUT2D eigenvalue weighted by Gasteiger charge is -2.18. The number of ether oxygens (including phenoxy) is 2. The molecule has 0 spiro atoms. The number of nitrogen functional groups attached to an aromatic ring is 1. The minimum Gasteiger partial charge on any atom is -0.428 e. The van der Waals surface area contributed by atoms with Crippen LogP contribution in [0.5, 0.6) is 0 Å². The number of carbonyl (C=O) groups excluding carboxylic acids is 2. The van der Waals surface area contributed by atoms with Crippen LogP contribution in [0.2, 0.25) is 0 Å². The monoisotopic (exact) mass is 263 g/mol. The van der Waals surface area contributed by atoms with E-state index in [1.165, 1.54) is 0 Å². The molecular weight excluding hydrogens is 246 g/mol. The summed E-state index contributed by atoms with van der Waals surface area (Å²) in [5.74, 6) is -0.861. The van der Waals surface area contributed by atoms with Crippen molar-refractivity contribution in [2.75, 3.05) is 5.73 Å². The fourth-order valence-electron chi connectivity index (χ4n) is 1.25. The lowest BCUT2D eigenvalue weighted by molar-refractivity contribution is -0.134. The van der Waals surface area contributed by atoms with Crippen LogP contribution in [-0.4, -0.2) is 17.7 Å².